The van der Waals surface area contributed by atoms with E-state index in [4.69, 9.17) is 4.74 Å². The molecule has 1 fully saturated rings. The first-order valence-electron chi connectivity index (χ1n) is 11.2. The van der Waals surface area contributed by atoms with Gasteiger partial charge in [0.2, 0.25) is 0 Å². The number of rotatable bonds is 4. The summed E-state index contributed by atoms with van der Waals surface area (Å²) in [4.78, 5) is 2.10. The van der Waals surface area contributed by atoms with Gasteiger partial charge in [-0.3, -0.25) is 0 Å². The predicted octanol–water partition coefficient (Wildman–Crippen LogP) is 5.47. The van der Waals surface area contributed by atoms with Crippen LogP contribution < -0.4 is 4.74 Å². The second kappa shape index (κ2) is 9.55. The zero-order chi connectivity index (χ0) is 23.7. The molecule has 0 amide bonds. The largest absolute Gasteiger partial charge is 0.489 e. The van der Waals surface area contributed by atoms with Crippen molar-refractivity contribution >= 4 is 28.4 Å². The van der Waals surface area contributed by atoms with E-state index >= 15 is 0 Å². The molecular weight excluding hydrogens is 558 g/mol. The molecule has 1 aromatic heterocycles. The van der Waals surface area contributed by atoms with Crippen LogP contribution in [0.4, 0.5) is 13.2 Å². The molecule has 3 aromatic rings. The fourth-order valence-corrected chi connectivity index (χ4v) is 4.77. The highest BCUT2D eigenvalue weighted by Crippen LogP contribution is 2.32. The number of amidine groups is 1. The molecule has 2 aromatic carbocycles. The van der Waals surface area contributed by atoms with Crippen molar-refractivity contribution < 1.29 is 17.9 Å². The van der Waals surface area contributed by atoms with E-state index in [1.165, 1.54) is 9.13 Å². The highest BCUT2D eigenvalue weighted by Gasteiger charge is 2.40. The smallest absolute Gasteiger partial charge is 0.453 e. The van der Waals surface area contributed by atoms with E-state index < -0.39 is 12.0 Å². The van der Waals surface area contributed by atoms with Crippen LogP contribution >= 0.6 is 22.6 Å². The van der Waals surface area contributed by atoms with Crippen LogP contribution in [0, 0.1) is 3.57 Å². The van der Waals surface area contributed by atoms with Gasteiger partial charge in [-0.1, -0.05) is 24.3 Å². The molecule has 34 heavy (non-hydrogen) atoms. The molecule has 0 radical (unpaired) electrons. The van der Waals surface area contributed by atoms with Crippen molar-refractivity contribution in [3.63, 3.8) is 0 Å². The third kappa shape index (κ3) is 5.06. The second-order valence-electron chi connectivity index (χ2n) is 8.51. The average Bonchev–Trinajstić information content (AvgIpc) is 3.28. The number of likely N-dealkylation sites (tertiary alicyclic amines) is 1. The normalized spacial score (nSPS) is 16.8. The Labute approximate surface area is 209 Å². The lowest BCUT2D eigenvalue weighted by atomic mass is 9.89. The molecule has 2 aliphatic heterocycles. The van der Waals surface area contributed by atoms with Gasteiger partial charge >= 0.3 is 6.18 Å². The predicted molar refractivity (Wildman–Crippen MR) is 130 cm³/mol. The molecule has 2 aliphatic rings. The van der Waals surface area contributed by atoms with Crippen LogP contribution in [0.1, 0.15) is 48.0 Å². The van der Waals surface area contributed by atoms with Crippen LogP contribution in [0.25, 0.3) is 0 Å². The number of fused-ring (bicyclic) bond motifs is 1. The quantitative estimate of drug-likeness (QED) is 0.384. The van der Waals surface area contributed by atoms with Crippen LogP contribution in [0.2, 0.25) is 0 Å². The summed E-state index contributed by atoms with van der Waals surface area (Å²) >= 11 is 2.28. The van der Waals surface area contributed by atoms with Crippen molar-refractivity contribution in [3.8, 4) is 5.75 Å². The lowest BCUT2D eigenvalue weighted by Gasteiger charge is -2.35. The van der Waals surface area contributed by atoms with E-state index in [1.807, 2.05) is 12.1 Å². The summed E-state index contributed by atoms with van der Waals surface area (Å²) in [6.07, 6.45) is -1.75. The molecule has 0 saturated carbocycles. The zero-order valence-corrected chi connectivity index (χ0v) is 20.5. The highest BCUT2D eigenvalue weighted by molar-refractivity contribution is 14.1. The van der Waals surface area contributed by atoms with Crippen molar-refractivity contribution in [2.45, 2.75) is 44.4 Å². The maximum atomic E-state index is 13.2. The minimum atomic E-state index is -4.57. The Bertz CT molecular complexity index is 1170. The van der Waals surface area contributed by atoms with E-state index in [-0.39, 0.29) is 5.82 Å². The lowest BCUT2D eigenvalue weighted by molar-refractivity contribution is -0.147. The van der Waals surface area contributed by atoms with Crippen molar-refractivity contribution in [1.82, 2.24) is 19.8 Å². The summed E-state index contributed by atoms with van der Waals surface area (Å²) in [5, 5.41) is 11.2. The molecule has 0 bridgehead atoms. The Hall–Kier alpha value is -2.63. The van der Waals surface area contributed by atoms with Gasteiger partial charge in [0.25, 0.3) is 5.82 Å². The molecule has 0 N–H and O–H groups in total. The van der Waals surface area contributed by atoms with Gasteiger partial charge in [-0.2, -0.15) is 22.9 Å². The molecule has 1 saturated heterocycles. The number of piperidine rings is 1. The van der Waals surface area contributed by atoms with Gasteiger partial charge in [-0.25, -0.2) is 0 Å². The number of hydrogen-bond acceptors (Lipinski definition) is 5. The SMILES string of the molecule is FC(F)(F)c1nnc2n1N=C(N1CCC(c3ccc(OCc4ccc(I)cc4)cc3)CC1)CC2. The van der Waals surface area contributed by atoms with Gasteiger partial charge in [-0.05, 0) is 76.7 Å². The number of ether oxygens (including phenoxy) is 1. The van der Waals surface area contributed by atoms with Crippen molar-refractivity contribution in [1.29, 1.82) is 0 Å². The summed E-state index contributed by atoms with van der Waals surface area (Å²) < 4.78 is 47.5. The van der Waals surface area contributed by atoms with Gasteiger partial charge in [-0.15, -0.1) is 10.2 Å². The highest BCUT2D eigenvalue weighted by atomic mass is 127. The van der Waals surface area contributed by atoms with Crippen LogP contribution in [-0.4, -0.2) is 38.7 Å². The summed E-state index contributed by atoms with van der Waals surface area (Å²) in [6, 6.07) is 16.5. The molecule has 10 heteroatoms. The van der Waals surface area contributed by atoms with Crippen molar-refractivity contribution in [3.05, 3.63) is 74.9 Å². The van der Waals surface area contributed by atoms with Crippen LogP contribution in [-0.2, 0) is 19.2 Å². The maximum Gasteiger partial charge on any atom is 0.453 e. The summed E-state index contributed by atoms with van der Waals surface area (Å²) in [5.41, 5.74) is 2.38. The molecule has 0 spiro atoms. The fourth-order valence-electron chi connectivity index (χ4n) is 4.41. The molecule has 0 unspecified atom stereocenters. The average molecular weight is 581 g/mol. The lowest BCUT2D eigenvalue weighted by Crippen LogP contribution is -2.40. The van der Waals surface area contributed by atoms with Crippen LogP contribution in [0.3, 0.4) is 0 Å². The molecule has 5 rings (SSSR count). The third-order valence-electron chi connectivity index (χ3n) is 6.28. The Morgan fingerprint density at radius 2 is 1.65 bits per heavy atom. The van der Waals surface area contributed by atoms with Gasteiger partial charge in [0.1, 0.15) is 18.2 Å². The second-order valence-corrected chi connectivity index (χ2v) is 9.76. The number of nitrogens with zero attached hydrogens (tertiary/aromatic N) is 5. The Kier molecular flexibility index (Phi) is 6.50. The molecule has 0 aliphatic carbocycles. The first kappa shape index (κ1) is 23.1. The maximum absolute atomic E-state index is 13.2. The van der Waals surface area contributed by atoms with Crippen molar-refractivity contribution in [2.75, 3.05) is 13.1 Å². The number of aryl methyl sites for hydroxylation is 1. The number of hydrogen-bond donors (Lipinski definition) is 0. The van der Waals surface area contributed by atoms with Crippen molar-refractivity contribution in [2.24, 2.45) is 5.10 Å². The number of benzene rings is 2. The topological polar surface area (TPSA) is 55.5 Å². The Balaban J connectivity index is 1.18. The summed E-state index contributed by atoms with van der Waals surface area (Å²) in [5.74, 6) is 1.12. The molecular formula is C24H23F3IN5O. The molecule has 0 atom stereocenters. The van der Waals surface area contributed by atoms with Gasteiger partial charge in [0, 0.05) is 29.5 Å². The first-order valence-corrected chi connectivity index (χ1v) is 12.3. The molecule has 6 nitrogen and oxygen atoms in total. The van der Waals surface area contributed by atoms with Gasteiger partial charge in [0.15, 0.2) is 5.82 Å². The first-order chi connectivity index (χ1) is 16.4. The summed E-state index contributed by atoms with van der Waals surface area (Å²) in [7, 11) is 0. The number of alkyl halides is 3. The number of aromatic nitrogens is 3. The monoisotopic (exact) mass is 581 g/mol. The molecule has 3 heterocycles. The van der Waals surface area contributed by atoms with E-state index in [2.05, 4.69) is 79.2 Å². The third-order valence-corrected chi connectivity index (χ3v) is 7.00. The summed E-state index contributed by atoms with van der Waals surface area (Å²) in [6.45, 7) is 2.04. The van der Waals surface area contributed by atoms with E-state index in [1.54, 1.807) is 0 Å². The number of halogens is 4. The van der Waals surface area contributed by atoms with Gasteiger partial charge < -0.3 is 9.64 Å². The van der Waals surface area contributed by atoms with E-state index in [0.29, 0.717) is 31.2 Å². The standard InChI is InChI=1S/C24H23F3IN5O/c25-24(26,27)23-30-29-21-9-10-22(31-33(21)23)32-13-11-18(12-14-32)17-3-7-20(8-4-17)34-15-16-1-5-19(28)6-2-16/h1-8,18H,9-15H2. The van der Waals surface area contributed by atoms with E-state index in [9.17, 15) is 13.2 Å². The molecule has 178 valence electrons. The Morgan fingerprint density at radius 3 is 2.32 bits per heavy atom. The van der Waals surface area contributed by atoms with Crippen LogP contribution in [0.15, 0.2) is 53.6 Å². The minimum absolute atomic E-state index is 0.260. The van der Waals surface area contributed by atoms with E-state index in [0.717, 1.165) is 41.9 Å². The fraction of sp³-hybridized carbons (Fsp3) is 0.375. The Morgan fingerprint density at radius 1 is 0.941 bits per heavy atom. The van der Waals surface area contributed by atoms with Gasteiger partial charge in [0.05, 0.1) is 0 Å². The zero-order valence-electron chi connectivity index (χ0n) is 18.3. The minimum Gasteiger partial charge on any atom is -0.489 e. The van der Waals surface area contributed by atoms with Crippen LogP contribution in [0.5, 0.6) is 5.75 Å².